The van der Waals surface area contributed by atoms with Crippen LogP contribution in [0, 0.1) is 22.7 Å². The Bertz CT molecular complexity index is 479. The fourth-order valence-corrected chi connectivity index (χ4v) is 6.23. The minimum atomic E-state index is -0.758. The summed E-state index contributed by atoms with van der Waals surface area (Å²) in [4.78, 5) is 12.3. The number of carbonyl (C=O) groups excluding carboxylic acids is 1. The van der Waals surface area contributed by atoms with Gasteiger partial charge in [-0.2, -0.15) is 0 Å². The van der Waals surface area contributed by atoms with Gasteiger partial charge < -0.3 is 5.11 Å². The summed E-state index contributed by atoms with van der Waals surface area (Å²) < 4.78 is 0. The maximum absolute atomic E-state index is 12.3. The second-order valence-corrected chi connectivity index (χ2v) is 7.48. The Morgan fingerprint density at radius 2 is 2.17 bits per heavy atom. The number of carbonyl (C=O) groups is 1. The molecule has 4 aliphatic carbocycles. The first-order chi connectivity index (χ1) is 8.45. The number of Topliss-reactive ketones (excluding diaryl/α,β-unsaturated/α-hetero) is 1. The van der Waals surface area contributed by atoms with Crippen LogP contribution in [-0.2, 0) is 4.79 Å². The molecule has 2 nitrogen and oxygen atoms in total. The van der Waals surface area contributed by atoms with Crippen molar-refractivity contribution in [3.8, 4) is 0 Å². The lowest BCUT2D eigenvalue weighted by atomic mass is 9.61. The standard InChI is InChI=1S/C16H22O2/c1-10-7-15-6-4-3-5-11(15)8-14(2)9-12(17)13(10)16(14,15)18/h7,11,13,18H,3-6,8-9H2,1-2H3/t11-,13-,14+,15+,16+/m1/s1. The van der Waals surface area contributed by atoms with Crippen molar-refractivity contribution in [2.24, 2.45) is 22.7 Å². The Kier molecular flexibility index (Phi) is 1.82. The molecule has 1 spiro atoms. The maximum Gasteiger partial charge on any atom is 0.143 e. The lowest BCUT2D eigenvalue weighted by molar-refractivity contribution is -0.133. The highest BCUT2D eigenvalue weighted by molar-refractivity contribution is 5.90. The molecule has 4 rings (SSSR count). The summed E-state index contributed by atoms with van der Waals surface area (Å²) in [6.07, 6.45) is 8.79. The number of hydrogen-bond donors (Lipinski definition) is 1. The molecular weight excluding hydrogens is 224 g/mol. The topological polar surface area (TPSA) is 37.3 Å². The molecule has 0 unspecified atom stereocenters. The molecule has 0 aromatic carbocycles. The minimum absolute atomic E-state index is 0.0685. The Balaban J connectivity index is 1.97. The van der Waals surface area contributed by atoms with Crippen molar-refractivity contribution in [1.82, 2.24) is 0 Å². The number of aliphatic hydroxyl groups is 1. The molecule has 4 aliphatic rings. The van der Waals surface area contributed by atoms with Crippen LogP contribution >= 0.6 is 0 Å². The van der Waals surface area contributed by atoms with Crippen molar-refractivity contribution in [1.29, 1.82) is 0 Å². The van der Waals surface area contributed by atoms with Crippen LogP contribution in [0.15, 0.2) is 11.6 Å². The Morgan fingerprint density at radius 3 is 2.94 bits per heavy atom. The van der Waals surface area contributed by atoms with E-state index in [1.807, 2.05) is 0 Å². The van der Waals surface area contributed by atoms with E-state index in [-0.39, 0.29) is 22.5 Å². The zero-order valence-electron chi connectivity index (χ0n) is 11.3. The minimum Gasteiger partial charge on any atom is -0.387 e. The molecule has 2 heteroatoms. The normalized spacial score (nSPS) is 57.5. The van der Waals surface area contributed by atoms with E-state index in [1.54, 1.807) is 0 Å². The van der Waals surface area contributed by atoms with Crippen LogP contribution in [0.2, 0.25) is 0 Å². The van der Waals surface area contributed by atoms with Crippen molar-refractivity contribution in [3.63, 3.8) is 0 Å². The Labute approximate surface area is 108 Å². The fraction of sp³-hybridized carbons (Fsp3) is 0.812. The van der Waals surface area contributed by atoms with Gasteiger partial charge in [0.05, 0.1) is 11.5 Å². The van der Waals surface area contributed by atoms with Crippen molar-refractivity contribution in [3.05, 3.63) is 11.6 Å². The van der Waals surface area contributed by atoms with Crippen molar-refractivity contribution in [2.75, 3.05) is 0 Å². The number of ketones is 1. The second kappa shape index (κ2) is 2.92. The monoisotopic (exact) mass is 246 g/mol. The first-order valence-electron chi connectivity index (χ1n) is 7.39. The summed E-state index contributed by atoms with van der Waals surface area (Å²) in [5.74, 6) is 0.703. The molecule has 5 atom stereocenters. The van der Waals surface area contributed by atoms with Gasteiger partial charge in [-0.05, 0) is 32.1 Å². The number of hydrogen-bond acceptors (Lipinski definition) is 2. The molecule has 0 bridgehead atoms. The molecule has 0 aromatic rings. The summed E-state index contributed by atoms with van der Waals surface area (Å²) in [5.41, 5.74) is 0.156. The van der Waals surface area contributed by atoms with E-state index in [0.717, 1.165) is 18.4 Å². The van der Waals surface area contributed by atoms with Crippen LogP contribution in [-0.4, -0.2) is 16.5 Å². The molecule has 98 valence electrons. The fourth-order valence-electron chi connectivity index (χ4n) is 6.23. The molecule has 18 heavy (non-hydrogen) atoms. The van der Waals surface area contributed by atoms with Crippen LogP contribution < -0.4 is 0 Å². The maximum atomic E-state index is 12.3. The van der Waals surface area contributed by atoms with Gasteiger partial charge in [-0.25, -0.2) is 0 Å². The zero-order valence-corrected chi connectivity index (χ0v) is 11.3. The van der Waals surface area contributed by atoms with Crippen molar-refractivity contribution in [2.45, 2.75) is 58.0 Å². The van der Waals surface area contributed by atoms with Crippen LogP contribution in [0.4, 0.5) is 0 Å². The molecule has 0 heterocycles. The van der Waals surface area contributed by atoms with E-state index in [0.29, 0.717) is 12.3 Å². The predicted octanol–water partition coefficient (Wildman–Crippen LogP) is 2.85. The van der Waals surface area contributed by atoms with E-state index < -0.39 is 5.60 Å². The lowest BCUT2D eigenvalue weighted by Gasteiger charge is -2.46. The van der Waals surface area contributed by atoms with Crippen LogP contribution in [0.25, 0.3) is 0 Å². The molecule has 0 amide bonds. The second-order valence-electron chi connectivity index (χ2n) is 7.48. The molecule has 0 aliphatic heterocycles. The summed E-state index contributed by atoms with van der Waals surface area (Å²) in [5, 5.41) is 11.5. The highest BCUT2D eigenvalue weighted by atomic mass is 16.3. The van der Waals surface area contributed by atoms with Gasteiger partial charge in [0.2, 0.25) is 0 Å². The summed E-state index contributed by atoms with van der Waals surface area (Å²) in [7, 11) is 0. The van der Waals surface area contributed by atoms with Gasteiger partial charge in [-0.1, -0.05) is 31.4 Å². The van der Waals surface area contributed by atoms with E-state index in [1.165, 1.54) is 19.3 Å². The lowest BCUT2D eigenvalue weighted by Crippen LogP contribution is -2.52. The van der Waals surface area contributed by atoms with E-state index in [9.17, 15) is 9.90 Å². The number of rotatable bonds is 0. The molecule has 3 saturated carbocycles. The van der Waals surface area contributed by atoms with E-state index >= 15 is 0 Å². The average Bonchev–Trinajstić information content (AvgIpc) is 2.71. The van der Waals surface area contributed by atoms with Crippen LogP contribution in [0.1, 0.15) is 52.4 Å². The van der Waals surface area contributed by atoms with Gasteiger partial charge in [0.1, 0.15) is 5.78 Å². The third-order valence-electron chi connectivity index (χ3n) is 6.69. The first-order valence-corrected chi connectivity index (χ1v) is 7.39. The molecule has 0 aromatic heterocycles. The highest BCUT2D eigenvalue weighted by Gasteiger charge is 2.78. The molecule has 3 fully saturated rings. The third kappa shape index (κ3) is 0.871. The Morgan fingerprint density at radius 1 is 1.39 bits per heavy atom. The summed E-state index contributed by atoms with van der Waals surface area (Å²) in [6.45, 7) is 4.22. The van der Waals surface area contributed by atoms with E-state index in [2.05, 4.69) is 19.9 Å². The molecule has 0 saturated heterocycles. The van der Waals surface area contributed by atoms with Crippen LogP contribution in [0.5, 0.6) is 0 Å². The average molecular weight is 246 g/mol. The third-order valence-corrected chi connectivity index (χ3v) is 6.69. The van der Waals surface area contributed by atoms with Crippen molar-refractivity contribution >= 4 is 5.78 Å². The predicted molar refractivity (Wildman–Crippen MR) is 68.9 cm³/mol. The van der Waals surface area contributed by atoms with Gasteiger partial charge in [-0.15, -0.1) is 0 Å². The van der Waals surface area contributed by atoms with Gasteiger partial charge in [0.15, 0.2) is 0 Å². The molecule has 1 N–H and O–H groups in total. The van der Waals surface area contributed by atoms with Gasteiger partial charge in [-0.3, -0.25) is 4.79 Å². The molecule has 0 radical (unpaired) electrons. The highest BCUT2D eigenvalue weighted by Crippen LogP contribution is 2.75. The smallest absolute Gasteiger partial charge is 0.143 e. The van der Waals surface area contributed by atoms with E-state index in [4.69, 9.17) is 0 Å². The largest absolute Gasteiger partial charge is 0.387 e. The van der Waals surface area contributed by atoms with Crippen LogP contribution in [0.3, 0.4) is 0 Å². The van der Waals surface area contributed by atoms with Gasteiger partial charge >= 0.3 is 0 Å². The Hall–Kier alpha value is -0.630. The summed E-state index contributed by atoms with van der Waals surface area (Å²) in [6, 6.07) is 0. The first kappa shape index (κ1) is 11.2. The zero-order chi connectivity index (χ0) is 12.8. The van der Waals surface area contributed by atoms with Gasteiger partial charge in [0, 0.05) is 17.3 Å². The quantitative estimate of drug-likeness (QED) is 0.667. The van der Waals surface area contributed by atoms with Gasteiger partial charge in [0.25, 0.3) is 0 Å². The molecular formula is C16H22O2. The summed E-state index contributed by atoms with van der Waals surface area (Å²) >= 11 is 0. The SMILES string of the molecule is CC1=C[C@@]23CCCC[C@@H]2C[C@@]2(C)CC(=O)[C@@H]1[C@]23O. The van der Waals surface area contributed by atoms with Crippen molar-refractivity contribution < 1.29 is 9.90 Å².